The van der Waals surface area contributed by atoms with Gasteiger partial charge >= 0.3 is 0 Å². The van der Waals surface area contributed by atoms with E-state index >= 15 is 0 Å². The summed E-state index contributed by atoms with van der Waals surface area (Å²) in [4.78, 5) is 4.28. The molecule has 2 aliphatic heterocycles. The summed E-state index contributed by atoms with van der Waals surface area (Å²) in [6, 6.07) is 9.06. The molecule has 3 aromatic heterocycles. The lowest BCUT2D eigenvalue weighted by molar-refractivity contribution is 0.249. The van der Waals surface area contributed by atoms with E-state index in [2.05, 4.69) is 20.5 Å². The number of aryl methyl sites for hydroxylation is 1. The third-order valence-corrected chi connectivity index (χ3v) is 5.73. The lowest BCUT2D eigenvalue weighted by Crippen LogP contribution is -2.13. The van der Waals surface area contributed by atoms with Crippen molar-refractivity contribution < 1.29 is 13.9 Å². The molecule has 1 N–H and O–H groups in total. The minimum atomic E-state index is -0.246. The van der Waals surface area contributed by atoms with Crippen LogP contribution in [0.4, 0.5) is 10.2 Å². The molecule has 1 aromatic carbocycles. The fourth-order valence-electron chi connectivity index (χ4n) is 4.31. The van der Waals surface area contributed by atoms with Crippen molar-refractivity contribution in [1.82, 2.24) is 19.6 Å². The molecule has 2 aliphatic rings. The van der Waals surface area contributed by atoms with Gasteiger partial charge in [-0.1, -0.05) is 0 Å². The van der Waals surface area contributed by atoms with Crippen LogP contribution in [0.5, 0.6) is 11.5 Å². The molecule has 0 unspecified atom stereocenters. The standard InChI is InChI=1S/C22H18FN5O2/c1-12-6-13(4-5-24-12)15-7-19-22(28-11-26-27-21(15)28)25-8-16-17(23)2-3-18-20(16)14(9-29-18)10-30-19/h2-7,11,14,25H,8-10H2,1H3/t14-/m0/s1. The topological polar surface area (TPSA) is 73.6 Å². The third-order valence-electron chi connectivity index (χ3n) is 5.73. The van der Waals surface area contributed by atoms with E-state index in [0.717, 1.165) is 28.1 Å². The van der Waals surface area contributed by atoms with Gasteiger partial charge < -0.3 is 14.8 Å². The molecule has 8 heteroatoms. The molecule has 4 aromatic rings. The molecule has 5 heterocycles. The molecule has 1 atom stereocenters. The van der Waals surface area contributed by atoms with E-state index in [1.54, 1.807) is 18.6 Å². The van der Waals surface area contributed by atoms with Gasteiger partial charge in [0.25, 0.3) is 0 Å². The van der Waals surface area contributed by atoms with Gasteiger partial charge in [0.15, 0.2) is 17.2 Å². The van der Waals surface area contributed by atoms with Crippen LogP contribution in [0.1, 0.15) is 22.7 Å². The molecule has 150 valence electrons. The predicted octanol–water partition coefficient (Wildman–Crippen LogP) is 3.72. The van der Waals surface area contributed by atoms with Crippen LogP contribution in [0.2, 0.25) is 0 Å². The zero-order valence-corrected chi connectivity index (χ0v) is 16.2. The molecule has 0 radical (unpaired) electrons. The number of ether oxygens (including phenoxy) is 2. The second-order valence-electron chi connectivity index (χ2n) is 7.59. The maximum absolute atomic E-state index is 14.7. The zero-order chi connectivity index (χ0) is 20.2. The van der Waals surface area contributed by atoms with Crippen molar-refractivity contribution in [2.75, 3.05) is 18.5 Å². The second-order valence-corrected chi connectivity index (χ2v) is 7.59. The number of fused-ring (bicyclic) bond motifs is 3. The Balaban J connectivity index is 1.52. The first kappa shape index (κ1) is 17.2. The monoisotopic (exact) mass is 403 g/mol. The second kappa shape index (κ2) is 6.41. The van der Waals surface area contributed by atoms with Gasteiger partial charge in [0, 0.05) is 35.1 Å². The van der Waals surface area contributed by atoms with Gasteiger partial charge in [0.2, 0.25) is 0 Å². The molecule has 0 saturated carbocycles. The van der Waals surface area contributed by atoms with Crippen molar-refractivity contribution in [2.24, 2.45) is 0 Å². The van der Waals surface area contributed by atoms with Crippen LogP contribution in [0, 0.1) is 12.7 Å². The number of aromatic nitrogens is 4. The third kappa shape index (κ3) is 2.53. The molecule has 0 spiro atoms. The van der Waals surface area contributed by atoms with E-state index in [0.29, 0.717) is 42.5 Å². The minimum Gasteiger partial charge on any atom is -0.493 e. The zero-order valence-electron chi connectivity index (χ0n) is 16.2. The van der Waals surface area contributed by atoms with Crippen molar-refractivity contribution in [1.29, 1.82) is 0 Å². The highest BCUT2D eigenvalue weighted by molar-refractivity contribution is 5.82. The molecular weight excluding hydrogens is 385 g/mol. The first-order valence-corrected chi connectivity index (χ1v) is 9.79. The van der Waals surface area contributed by atoms with Crippen molar-refractivity contribution in [3.05, 3.63) is 65.5 Å². The molecule has 0 bridgehead atoms. The SMILES string of the molecule is Cc1cc(-c2cc3c(n4cnnc24)NCc2c(F)ccc4c2[C@@H](CO4)CO3)ccn1. The number of nitrogens with one attached hydrogen (secondary N) is 1. The molecule has 0 saturated heterocycles. The first-order valence-electron chi connectivity index (χ1n) is 9.79. The van der Waals surface area contributed by atoms with Crippen molar-refractivity contribution in [2.45, 2.75) is 19.4 Å². The number of rotatable bonds is 1. The lowest BCUT2D eigenvalue weighted by atomic mass is 9.96. The van der Waals surface area contributed by atoms with E-state index in [-0.39, 0.29) is 11.7 Å². The summed E-state index contributed by atoms with van der Waals surface area (Å²) in [5.74, 6) is 1.82. The van der Waals surface area contributed by atoms with Crippen LogP contribution >= 0.6 is 0 Å². The molecule has 6 rings (SSSR count). The smallest absolute Gasteiger partial charge is 0.170 e. The molecule has 30 heavy (non-hydrogen) atoms. The average molecular weight is 403 g/mol. The van der Waals surface area contributed by atoms with Crippen LogP contribution in [0.25, 0.3) is 16.8 Å². The van der Waals surface area contributed by atoms with E-state index < -0.39 is 0 Å². The van der Waals surface area contributed by atoms with Gasteiger partial charge in [-0.25, -0.2) is 4.39 Å². The first-order chi connectivity index (χ1) is 14.7. The Morgan fingerprint density at radius 2 is 2.00 bits per heavy atom. The maximum atomic E-state index is 14.7. The highest BCUT2D eigenvalue weighted by atomic mass is 19.1. The number of halogens is 1. The average Bonchev–Trinajstić information content (AvgIpc) is 3.39. The molecule has 0 fully saturated rings. The number of anilines is 1. The Hall–Kier alpha value is -3.68. The summed E-state index contributed by atoms with van der Waals surface area (Å²) in [5, 5.41) is 11.8. The summed E-state index contributed by atoms with van der Waals surface area (Å²) in [6.07, 6.45) is 3.41. The summed E-state index contributed by atoms with van der Waals surface area (Å²) < 4.78 is 28.6. The Morgan fingerprint density at radius 1 is 1.13 bits per heavy atom. The number of hydrogen-bond acceptors (Lipinski definition) is 6. The van der Waals surface area contributed by atoms with Crippen LogP contribution in [-0.4, -0.2) is 32.8 Å². The van der Waals surface area contributed by atoms with Gasteiger partial charge in [-0.05, 0) is 42.8 Å². The summed E-state index contributed by atoms with van der Waals surface area (Å²) in [5.41, 5.74) is 4.98. The molecular formula is C22H18FN5O2. The highest BCUT2D eigenvalue weighted by Gasteiger charge is 2.31. The van der Waals surface area contributed by atoms with Gasteiger partial charge in [0.1, 0.15) is 17.9 Å². The molecule has 0 amide bonds. The number of hydrogen-bond donors (Lipinski definition) is 1. The van der Waals surface area contributed by atoms with Crippen molar-refractivity contribution >= 4 is 11.5 Å². The van der Waals surface area contributed by atoms with Crippen molar-refractivity contribution in [3.63, 3.8) is 0 Å². The van der Waals surface area contributed by atoms with Crippen LogP contribution < -0.4 is 14.8 Å². The Kier molecular flexibility index (Phi) is 3.68. The minimum absolute atomic E-state index is 0.0262. The summed E-state index contributed by atoms with van der Waals surface area (Å²) in [6.45, 7) is 3.13. The van der Waals surface area contributed by atoms with Crippen LogP contribution in [0.15, 0.2) is 42.9 Å². The van der Waals surface area contributed by atoms with E-state index in [1.165, 1.54) is 6.07 Å². The van der Waals surface area contributed by atoms with Gasteiger partial charge in [0.05, 0.1) is 19.1 Å². The Labute approximate surface area is 171 Å². The Bertz CT molecular complexity index is 1300. The summed E-state index contributed by atoms with van der Waals surface area (Å²) >= 11 is 0. The van der Waals surface area contributed by atoms with Crippen molar-refractivity contribution in [3.8, 4) is 22.6 Å². The summed E-state index contributed by atoms with van der Waals surface area (Å²) in [7, 11) is 0. The number of benzene rings is 1. The molecule has 7 nitrogen and oxygen atoms in total. The predicted molar refractivity (Wildman–Crippen MR) is 108 cm³/mol. The Morgan fingerprint density at radius 3 is 2.87 bits per heavy atom. The maximum Gasteiger partial charge on any atom is 0.170 e. The number of nitrogens with zero attached hydrogens (tertiary/aromatic N) is 4. The fourth-order valence-corrected chi connectivity index (χ4v) is 4.31. The largest absolute Gasteiger partial charge is 0.493 e. The fraction of sp³-hybridized carbons (Fsp3) is 0.227. The highest BCUT2D eigenvalue weighted by Crippen LogP contribution is 2.41. The quantitative estimate of drug-likeness (QED) is 0.522. The van der Waals surface area contributed by atoms with Crippen LogP contribution in [0.3, 0.4) is 0 Å². The van der Waals surface area contributed by atoms with E-state index in [9.17, 15) is 4.39 Å². The van der Waals surface area contributed by atoms with Crippen LogP contribution in [-0.2, 0) is 6.54 Å². The van der Waals surface area contributed by atoms with E-state index in [4.69, 9.17) is 9.47 Å². The van der Waals surface area contributed by atoms with Gasteiger partial charge in [-0.3, -0.25) is 9.38 Å². The molecule has 0 aliphatic carbocycles. The van der Waals surface area contributed by atoms with Gasteiger partial charge in [-0.15, -0.1) is 10.2 Å². The lowest BCUT2D eigenvalue weighted by Gasteiger charge is -2.16. The van der Waals surface area contributed by atoms with E-state index in [1.807, 2.05) is 29.5 Å². The van der Waals surface area contributed by atoms with Gasteiger partial charge in [-0.2, -0.15) is 0 Å². The normalized spacial score (nSPS) is 17.1. The number of pyridine rings is 2.